The highest BCUT2D eigenvalue weighted by Crippen LogP contribution is 2.53. The van der Waals surface area contributed by atoms with Crippen LogP contribution in [0.15, 0.2) is 41.4 Å². The summed E-state index contributed by atoms with van der Waals surface area (Å²) in [7, 11) is 0. The molecule has 4 aliphatic rings. The zero-order valence-corrected chi connectivity index (χ0v) is 21.3. The van der Waals surface area contributed by atoms with E-state index in [1.54, 1.807) is 6.07 Å². The molecule has 40 heavy (non-hydrogen) atoms. The van der Waals surface area contributed by atoms with Crippen LogP contribution in [-0.2, 0) is 19.8 Å². The molecule has 0 amide bonds. The summed E-state index contributed by atoms with van der Waals surface area (Å²) in [6, 6.07) is 12.4. The normalized spacial score (nSPS) is 27.0. The first kappa shape index (κ1) is 27.7. The van der Waals surface area contributed by atoms with E-state index >= 15 is 0 Å². The number of fused-ring (bicyclic) bond motifs is 4. The van der Waals surface area contributed by atoms with Crippen LogP contribution in [0.2, 0.25) is 0 Å². The monoisotopic (exact) mass is 561 g/mol. The maximum absolute atomic E-state index is 14.1. The number of ether oxygens (including phenoxy) is 3. The van der Waals surface area contributed by atoms with Crippen molar-refractivity contribution in [2.45, 2.75) is 68.6 Å². The highest BCUT2D eigenvalue weighted by molar-refractivity contribution is 5.76. The van der Waals surface area contributed by atoms with Gasteiger partial charge in [-0.2, -0.15) is 18.4 Å². The maximum atomic E-state index is 14.1. The lowest BCUT2D eigenvalue weighted by atomic mass is 9.67. The fourth-order valence-corrected chi connectivity index (χ4v) is 5.76. The highest BCUT2D eigenvalue weighted by atomic mass is 19.4. The van der Waals surface area contributed by atoms with E-state index in [0.717, 1.165) is 49.0 Å². The number of alkyl halides is 3. The molecule has 6 rings (SSSR count). The molecule has 4 atom stereocenters. The van der Waals surface area contributed by atoms with Crippen molar-refractivity contribution in [2.24, 2.45) is 16.6 Å². The Morgan fingerprint density at radius 3 is 2.48 bits per heavy atom. The Morgan fingerprint density at radius 1 is 1.12 bits per heavy atom. The number of hydrogen-bond acceptors (Lipinski definition) is 7. The molecule has 2 aliphatic heterocycles. The van der Waals surface area contributed by atoms with Gasteiger partial charge in [0.05, 0.1) is 23.8 Å². The van der Waals surface area contributed by atoms with Crippen molar-refractivity contribution in [3.63, 3.8) is 0 Å². The molecule has 2 aromatic carbocycles. The summed E-state index contributed by atoms with van der Waals surface area (Å²) < 4.78 is 64.4. The number of rotatable bonds is 3. The van der Waals surface area contributed by atoms with E-state index in [-0.39, 0.29) is 29.7 Å². The smallest absolute Gasteiger partial charge is 0.490 e. The number of nitriles is 1. The minimum atomic E-state index is -5.08. The number of aliphatic carboxylic acids is 1. The molecule has 2 aromatic rings. The topological polar surface area (TPSA) is 127 Å². The number of carboxylic acid groups (broad SMARTS) is 1. The minimum absolute atomic E-state index is 0.0159. The molecule has 2 aliphatic carbocycles. The lowest BCUT2D eigenvalue weighted by molar-refractivity contribution is -0.192. The predicted octanol–water partition coefficient (Wildman–Crippen LogP) is 5.04. The Labute approximate surface area is 227 Å². The molecule has 1 spiro atoms. The molecule has 0 aromatic heterocycles. The number of halogens is 4. The van der Waals surface area contributed by atoms with Gasteiger partial charge in [-0.05, 0) is 80.0 Å². The van der Waals surface area contributed by atoms with Crippen molar-refractivity contribution in [1.82, 2.24) is 0 Å². The van der Waals surface area contributed by atoms with Crippen molar-refractivity contribution in [3.8, 4) is 22.9 Å². The first-order valence-corrected chi connectivity index (χ1v) is 12.9. The number of amidine groups is 1. The summed E-state index contributed by atoms with van der Waals surface area (Å²) in [6.07, 6.45) is 1.73. The first-order valence-electron chi connectivity index (χ1n) is 12.9. The van der Waals surface area contributed by atoms with Crippen molar-refractivity contribution >= 4 is 12.0 Å². The quantitative estimate of drug-likeness (QED) is 0.503. The molecular weight excluding hydrogens is 534 g/mol. The van der Waals surface area contributed by atoms with Gasteiger partial charge in [0, 0.05) is 11.5 Å². The number of nitrogens with zero attached hydrogens (tertiary/aromatic N) is 2. The van der Waals surface area contributed by atoms with E-state index < -0.39 is 23.5 Å². The summed E-state index contributed by atoms with van der Waals surface area (Å²) in [6.45, 7) is 0.350. The highest BCUT2D eigenvalue weighted by Gasteiger charge is 2.56. The molecular formula is C28H27F4N3O5. The van der Waals surface area contributed by atoms with Crippen molar-refractivity contribution in [2.75, 3.05) is 6.61 Å². The van der Waals surface area contributed by atoms with Crippen LogP contribution in [-0.4, -0.2) is 48.2 Å². The molecule has 0 bridgehead atoms. The standard InChI is InChI=1S/C26H26FN3O3.C2HF3O2/c27-18-9-15(13-28)8-17(10-18)16-4-6-23-21(11-16)26(14-31-25(29)30-26)22-12-20(5-7-24(22)33-23)32-19-2-1-3-19;3-2(4,5)1(6)7/h4,6,8-11,19-20,22,24H,1-3,5,7,12,14H2,(H2,29,30);(H,6,7)/t20-,22-,24-,26?;/m0./s1. The van der Waals surface area contributed by atoms with Gasteiger partial charge in [-0.15, -0.1) is 0 Å². The third-order valence-corrected chi connectivity index (χ3v) is 7.87. The number of nitrogens with two attached hydrogens (primary N) is 1. The van der Waals surface area contributed by atoms with Gasteiger partial charge in [-0.25, -0.2) is 14.2 Å². The second-order valence-corrected chi connectivity index (χ2v) is 10.4. The van der Waals surface area contributed by atoms with Gasteiger partial charge in [0.15, 0.2) is 0 Å². The molecule has 2 heterocycles. The zero-order valence-electron chi connectivity index (χ0n) is 21.3. The summed E-state index contributed by atoms with van der Waals surface area (Å²) >= 11 is 0. The van der Waals surface area contributed by atoms with E-state index in [0.29, 0.717) is 18.3 Å². The van der Waals surface area contributed by atoms with Gasteiger partial charge < -0.3 is 25.1 Å². The Kier molecular flexibility index (Phi) is 7.35. The maximum Gasteiger partial charge on any atom is 0.490 e. The molecule has 212 valence electrons. The third kappa shape index (κ3) is 5.43. The van der Waals surface area contributed by atoms with Crippen LogP contribution in [0, 0.1) is 23.1 Å². The second-order valence-electron chi connectivity index (χ2n) is 10.4. The largest absolute Gasteiger partial charge is 0.490 e. The fourth-order valence-electron chi connectivity index (χ4n) is 5.76. The molecule has 0 saturated heterocycles. The van der Waals surface area contributed by atoms with Crippen LogP contribution in [0.4, 0.5) is 17.6 Å². The number of aliphatic imine (C=N–C) groups is 1. The molecule has 2 fully saturated rings. The van der Waals surface area contributed by atoms with Gasteiger partial charge in [0.25, 0.3) is 6.02 Å². The van der Waals surface area contributed by atoms with Crippen LogP contribution >= 0.6 is 0 Å². The van der Waals surface area contributed by atoms with E-state index in [1.165, 1.54) is 18.6 Å². The fraction of sp³-hybridized carbons (Fsp3) is 0.464. The number of benzene rings is 2. The Hall–Kier alpha value is -3.85. The zero-order chi connectivity index (χ0) is 28.7. The van der Waals surface area contributed by atoms with Gasteiger partial charge in [0.1, 0.15) is 29.8 Å². The lowest BCUT2D eigenvalue weighted by Crippen LogP contribution is -2.52. The molecule has 2 saturated carbocycles. The van der Waals surface area contributed by atoms with Gasteiger partial charge in [0.2, 0.25) is 0 Å². The van der Waals surface area contributed by atoms with E-state index in [1.807, 2.05) is 24.3 Å². The Balaban J connectivity index is 0.000000411. The minimum Gasteiger partial charge on any atom is -0.490 e. The predicted molar refractivity (Wildman–Crippen MR) is 134 cm³/mol. The molecule has 12 heteroatoms. The molecule has 1 unspecified atom stereocenters. The average molecular weight is 562 g/mol. The molecule has 3 N–H and O–H groups in total. The van der Waals surface area contributed by atoms with Crippen molar-refractivity contribution in [1.29, 1.82) is 5.26 Å². The van der Waals surface area contributed by atoms with Crippen LogP contribution in [0.3, 0.4) is 0 Å². The van der Waals surface area contributed by atoms with Crippen molar-refractivity contribution in [3.05, 3.63) is 53.3 Å². The van der Waals surface area contributed by atoms with E-state index in [9.17, 15) is 22.8 Å². The van der Waals surface area contributed by atoms with Gasteiger partial charge in [-0.1, -0.05) is 6.07 Å². The SMILES string of the molecule is N#Cc1cc(F)cc(-c2ccc3c(c2)C2(COC(N)=N2)[C@H]2C[C@@H](OC4CCC4)CC[C@@H]2O3)c1.O=C(O)C(F)(F)F. The Bertz CT molecular complexity index is 1370. The second kappa shape index (κ2) is 10.6. The number of carboxylic acids is 1. The van der Waals surface area contributed by atoms with Crippen LogP contribution in [0.5, 0.6) is 5.75 Å². The number of hydrogen-bond donors (Lipinski definition) is 2. The van der Waals surface area contributed by atoms with Crippen LogP contribution in [0.25, 0.3) is 11.1 Å². The number of carbonyl (C=O) groups is 1. The summed E-state index contributed by atoms with van der Waals surface area (Å²) in [5.41, 5.74) is 7.99. The van der Waals surface area contributed by atoms with Gasteiger partial charge >= 0.3 is 12.1 Å². The van der Waals surface area contributed by atoms with Crippen molar-refractivity contribution < 1.29 is 41.7 Å². The van der Waals surface area contributed by atoms with Crippen LogP contribution in [0.1, 0.15) is 49.7 Å². The lowest BCUT2D eigenvalue weighted by Gasteiger charge is -2.48. The first-order chi connectivity index (χ1) is 19.0. The summed E-state index contributed by atoms with van der Waals surface area (Å²) in [5, 5.41) is 16.4. The molecule has 8 nitrogen and oxygen atoms in total. The third-order valence-electron chi connectivity index (χ3n) is 7.87. The van der Waals surface area contributed by atoms with E-state index in [2.05, 4.69) is 0 Å². The van der Waals surface area contributed by atoms with Gasteiger partial charge in [-0.3, -0.25) is 0 Å². The average Bonchev–Trinajstić information content (AvgIpc) is 3.28. The molecule has 0 radical (unpaired) electrons. The summed E-state index contributed by atoms with van der Waals surface area (Å²) in [5.74, 6) is -2.37. The van der Waals surface area contributed by atoms with Crippen LogP contribution < -0.4 is 10.5 Å². The Morgan fingerprint density at radius 2 is 1.88 bits per heavy atom. The summed E-state index contributed by atoms with van der Waals surface area (Å²) in [4.78, 5) is 13.7. The van der Waals surface area contributed by atoms with E-state index in [4.69, 9.17) is 34.8 Å².